The third-order valence-corrected chi connectivity index (χ3v) is 6.16. The van der Waals surface area contributed by atoms with Crippen LogP contribution >= 0.6 is 0 Å². The van der Waals surface area contributed by atoms with E-state index in [4.69, 9.17) is 9.57 Å². The van der Waals surface area contributed by atoms with E-state index in [-0.39, 0.29) is 17.9 Å². The van der Waals surface area contributed by atoms with Crippen LogP contribution in [0.4, 0.5) is 0 Å². The van der Waals surface area contributed by atoms with Crippen molar-refractivity contribution in [3.63, 3.8) is 0 Å². The van der Waals surface area contributed by atoms with Crippen molar-refractivity contribution in [2.24, 2.45) is 5.92 Å². The van der Waals surface area contributed by atoms with Crippen LogP contribution in [-0.4, -0.2) is 23.5 Å². The molecule has 0 radical (unpaired) electrons. The molecule has 3 unspecified atom stereocenters. The highest BCUT2D eigenvalue weighted by Gasteiger charge is 2.39. The van der Waals surface area contributed by atoms with E-state index >= 15 is 0 Å². The maximum Gasteiger partial charge on any atom is 0.218 e. The third kappa shape index (κ3) is 4.54. The molecule has 4 heteroatoms. The van der Waals surface area contributed by atoms with Crippen LogP contribution in [0.3, 0.4) is 0 Å². The smallest absolute Gasteiger partial charge is 0.218 e. The molecule has 2 aliphatic rings. The Morgan fingerprint density at radius 1 is 1.00 bits per heavy atom. The highest BCUT2D eigenvalue weighted by Crippen LogP contribution is 2.39. The van der Waals surface area contributed by atoms with E-state index in [9.17, 15) is 5.21 Å². The molecule has 0 spiro atoms. The molecule has 0 N–H and O–H groups in total. The van der Waals surface area contributed by atoms with Gasteiger partial charge in [-0.1, -0.05) is 79.6 Å². The van der Waals surface area contributed by atoms with Gasteiger partial charge < -0.3 is 9.57 Å². The zero-order valence-corrected chi connectivity index (χ0v) is 16.7. The van der Waals surface area contributed by atoms with Crippen molar-refractivity contribution in [2.75, 3.05) is 0 Å². The molecule has 1 heterocycles. The summed E-state index contributed by atoms with van der Waals surface area (Å²) in [6.45, 7) is 3.93. The second-order valence-electron chi connectivity index (χ2n) is 8.01. The number of allylic oxidation sites excluding steroid dienone is 1. The molecular formula is C25H29NO3. The second kappa shape index (κ2) is 9.27. The minimum Gasteiger partial charge on any atom is -0.372 e. The Morgan fingerprint density at radius 3 is 2.34 bits per heavy atom. The third-order valence-electron chi connectivity index (χ3n) is 6.16. The molecule has 2 aromatic rings. The first kappa shape index (κ1) is 19.7. The van der Waals surface area contributed by atoms with Crippen molar-refractivity contribution in [2.45, 2.75) is 56.3 Å². The molecule has 0 saturated heterocycles. The van der Waals surface area contributed by atoms with Crippen LogP contribution in [0.1, 0.15) is 55.1 Å². The zero-order valence-electron chi connectivity index (χ0n) is 16.7. The van der Waals surface area contributed by atoms with Gasteiger partial charge in [-0.15, -0.1) is 6.58 Å². The fourth-order valence-electron chi connectivity index (χ4n) is 4.72. The molecule has 0 amide bonds. The van der Waals surface area contributed by atoms with Gasteiger partial charge in [-0.25, -0.2) is 0 Å². The fourth-order valence-corrected chi connectivity index (χ4v) is 4.72. The van der Waals surface area contributed by atoms with Gasteiger partial charge in [-0.05, 0) is 30.4 Å². The number of hydrogen-bond donors (Lipinski definition) is 0. The summed E-state index contributed by atoms with van der Waals surface area (Å²) in [7, 11) is 0. The topological polar surface area (TPSA) is 44.5 Å². The van der Waals surface area contributed by atoms with E-state index in [1.54, 1.807) is 6.21 Å². The van der Waals surface area contributed by atoms with E-state index in [1.807, 2.05) is 30.3 Å². The maximum atomic E-state index is 12.3. The summed E-state index contributed by atoms with van der Waals surface area (Å²) >= 11 is 0. The molecular weight excluding hydrogens is 362 g/mol. The number of benzene rings is 2. The van der Waals surface area contributed by atoms with Gasteiger partial charge >= 0.3 is 0 Å². The Morgan fingerprint density at radius 2 is 1.66 bits per heavy atom. The highest BCUT2D eigenvalue weighted by atomic mass is 16.9. The predicted molar refractivity (Wildman–Crippen MR) is 115 cm³/mol. The Bertz CT molecular complexity index is 820. The molecule has 4 rings (SSSR count). The van der Waals surface area contributed by atoms with E-state index in [0.717, 1.165) is 31.2 Å². The van der Waals surface area contributed by atoms with Crippen molar-refractivity contribution in [3.05, 3.63) is 89.7 Å². The van der Waals surface area contributed by atoms with E-state index < -0.39 is 6.29 Å². The van der Waals surface area contributed by atoms with Gasteiger partial charge in [-0.3, -0.25) is 5.21 Å². The number of ether oxygens (including phenoxy) is 1. The highest BCUT2D eigenvalue weighted by molar-refractivity contribution is 5.64. The lowest BCUT2D eigenvalue weighted by atomic mass is 9.80. The molecule has 4 nitrogen and oxygen atoms in total. The van der Waals surface area contributed by atoms with Crippen LogP contribution < -0.4 is 0 Å². The number of rotatable bonds is 6. The summed E-state index contributed by atoms with van der Waals surface area (Å²) in [5.74, 6) is 0.279. The Kier molecular flexibility index (Phi) is 6.30. The zero-order chi connectivity index (χ0) is 20.1. The Labute approximate surface area is 173 Å². The molecule has 152 valence electrons. The lowest BCUT2D eigenvalue weighted by molar-refractivity contribution is -0.772. The summed E-state index contributed by atoms with van der Waals surface area (Å²) in [6.07, 6.45) is 8.11. The van der Waals surface area contributed by atoms with Gasteiger partial charge in [0.1, 0.15) is 0 Å². The van der Waals surface area contributed by atoms with Crippen molar-refractivity contribution in [1.29, 1.82) is 0 Å². The minimum atomic E-state index is -0.588. The monoisotopic (exact) mass is 391 g/mol. The second-order valence-corrected chi connectivity index (χ2v) is 8.01. The van der Waals surface area contributed by atoms with Crippen molar-refractivity contribution >= 4 is 6.21 Å². The first-order valence-electron chi connectivity index (χ1n) is 10.6. The fraction of sp³-hybridized carbons (Fsp3) is 0.400. The standard InChI is InChI=1S/C25H29NO3/c1-2-11-22-23(20-14-7-4-8-15-20)18-26(27)29-25(22)28-24-17-10-9-16-21(24)19-12-5-3-6-13-19/h2-8,12-15,18,21-25H,1,9-11,16-17H2/t21-,22?,23?,24+,25?/m0/s1. The van der Waals surface area contributed by atoms with Crippen LogP contribution in [0.5, 0.6) is 0 Å². The molecule has 1 aliphatic carbocycles. The lowest BCUT2D eigenvalue weighted by Crippen LogP contribution is -2.43. The van der Waals surface area contributed by atoms with Crippen LogP contribution in [0, 0.1) is 11.1 Å². The Hall–Kier alpha value is -2.59. The average molecular weight is 392 g/mol. The summed E-state index contributed by atoms with van der Waals surface area (Å²) in [5.41, 5.74) is 2.40. The SMILES string of the molecule is C=CCC1C(O[C@@H]2CCCC[C@H]2c2ccccc2)O[N+]([O-])=CC1c1ccccc1. The van der Waals surface area contributed by atoms with E-state index in [2.05, 4.69) is 43.0 Å². The summed E-state index contributed by atoms with van der Waals surface area (Å²) in [5, 5.41) is 12.3. The summed E-state index contributed by atoms with van der Waals surface area (Å²) in [6, 6.07) is 20.7. The molecule has 1 saturated carbocycles. The average Bonchev–Trinajstić information content (AvgIpc) is 2.77. The first-order chi connectivity index (χ1) is 14.3. The van der Waals surface area contributed by atoms with Gasteiger partial charge in [0.25, 0.3) is 0 Å². The lowest BCUT2D eigenvalue weighted by Gasteiger charge is -2.40. The quantitative estimate of drug-likeness (QED) is 0.478. The Balaban J connectivity index is 1.58. The van der Waals surface area contributed by atoms with Crippen LogP contribution in [0.2, 0.25) is 0 Å². The summed E-state index contributed by atoms with van der Waals surface area (Å²) in [4.78, 5) is 6.23. The largest absolute Gasteiger partial charge is 0.372 e. The molecule has 1 aliphatic heterocycles. The predicted octanol–water partition coefficient (Wildman–Crippen LogP) is 5.56. The summed E-state index contributed by atoms with van der Waals surface area (Å²) < 4.78 is 6.55. The van der Waals surface area contributed by atoms with E-state index in [1.165, 1.54) is 12.0 Å². The van der Waals surface area contributed by atoms with Gasteiger partial charge in [0, 0.05) is 16.7 Å². The normalized spacial score (nSPS) is 29.5. The molecule has 2 aromatic carbocycles. The van der Waals surface area contributed by atoms with Crippen LogP contribution in [-0.2, 0) is 9.57 Å². The van der Waals surface area contributed by atoms with Gasteiger partial charge in [0.15, 0.2) is 6.29 Å². The molecule has 5 atom stereocenters. The molecule has 0 aromatic heterocycles. The van der Waals surface area contributed by atoms with Gasteiger partial charge in [0.05, 0.1) is 12.0 Å². The van der Waals surface area contributed by atoms with Crippen molar-refractivity contribution in [1.82, 2.24) is 0 Å². The molecule has 0 bridgehead atoms. The number of nitrogens with zero attached hydrogens (tertiary/aromatic N) is 1. The van der Waals surface area contributed by atoms with Crippen molar-refractivity contribution in [3.8, 4) is 0 Å². The van der Waals surface area contributed by atoms with Crippen LogP contribution in [0.15, 0.2) is 73.3 Å². The molecule has 29 heavy (non-hydrogen) atoms. The number of hydrogen-bond acceptors (Lipinski definition) is 3. The first-order valence-corrected chi connectivity index (χ1v) is 10.6. The van der Waals surface area contributed by atoms with E-state index in [0.29, 0.717) is 10.8 Å². The maximum absolute atomic E-state index is 12.3. The van der Waals surface area contributed by atoms with Gasteiger partial charge in [-0.2, -0.15) is 0 Å². The van der Waals surface area contributed by atoms with Gasteiger partial charge in [0.2, 0.25) is 6.21 Å². The van der Waals surface area contributed by atoms with Crippen molar-refractivity contribution < 1.29 is 14.5 Å². The minimum absolute atomic E-state index is 0.0125. The van der Waals surface area contributed by atoms with Crippen LogP contribution in [0.25, 0.3) is 0 Å². The molecule has 1 fully saturated rings.